The van der Waals surface area contributed by atoms with Crippen LogP contribution in [-0.4, -0.2) is 10.1 Å². The van der Waals surface area contributed by atoms with Gasteiger partial charge in [0.2, 0.25) is 0 Å². The fourth-order valence-electron chi connectivity index (χ4n) is 0. The normalized spacial score (nSPS) is 1.20. The second-order valence-electron chi connectivity index (χ2n) is 0. The van der Waals surface area contributed by atoms with Crippen LogP contribution in [0.4, 0.5) is 0 Å². The van der Waals surface area contributed by atoms with Gasteiger partial charge in [-0.3, -0.25) is 0 Å². The monoisotopic (exact) mass is 172 g/mol. The smallest absolute Gasteiger partial charge is 2.00 e. The van der Waals surface area contributed by atoms with E-state index in [9.17, 15) is 0 Å². The van der Waals surface area contributed by atoms with Crippen LogP contribution in [0, 0.1) is 0 Å². The summed E-state index contributed by atoms with van der Waals surface area (Å²) in [4.78, 5) is 0. The summed E-state index contributed by atoms with van der Waals surface area (Å²) >= 11 is 0. The zero-order chi connectivity index (χ0) is 2.00. The van der Waals surface area contributed by atoms with Crippen molar-refractivity contribution >= 4 is 37.1 Å². The molecule has 0 fully saturated rings. The third kappa shape index (κ3) is 33.2. The molecule has 0 aromatic heterocycles. The summed E-state index contributed by atoms with van der Waals surface area (Å²) in [6, 6.07) is 0. The molecule has 0 heterocycles. The summed E-state index contributed by atoms with van der Waals surface area (Å²) in [5.41, 5.74) is 0. The molecule has 0 atom stereocenters. The van der Waals surface area contributed by atoms with Gasteiger partial charge in [-0.15, -0.1) is 0 Å². The number of hydrogen-bond acceptors (Lipinski definition) is 1. The minimum Gasteiger partial charge on any atom is -2.00 e. The van der Waals surface area contributed by atoms with Gasteiger partial charge in [-0.2, -0.15) is 0 Å². The summed E-state index contributed by atoms with van der Waals surface area (Å²) in [7, 11) is 1.72. The Balaban J connectivity index is -0.00000000167. The Morgan fingerprint density at radius 2 is 1.00 bits per heavy atom. The molecule has 0 N–H and O–H groups in total. The van der Waals surface area contributed by atoms with E-state index in [2.05, 4.69) is 0 Å². The van der Waals surface area contributed by atoms with Crippen molar-refractivity contribution < 1.29 is 23.9 Å². The Bertz CT molecular complexity index is 9.61. The molecule has 1 nitrogen and oxygen atoms in total. The van der Waals surface area contributed by atoms with Crippen molar-refractivity contribution in [2.75, 3.05) is 0 Å². The Morgan fingerprint density at radius 1 is 1.00 bits per heavy atom. The SMILES string of the molecule is O=[Si+2].[S-2].[S-2].[Zn+2]. The van der Waals surface area contributed by atoms with Gasteiger partial charge in [0.25, 0.3) is 0 Å². The number of hydrogen-bond donors (Lipinski definition) is 0. The molecule has 0 rings (SSSR count). The molecule has 0 saturated heterocycles. The summed E-state index contributed by atoms with van der Waals surface area (Å²) in [5, 5.41) is 0. The molecule has 0 bridgehead atoms. The molecule has 0 amide bonds. The van der Waals surface area contributed by atoms with Crippen molar-refractivity contribution in [1.82, 2.24) is 0 Å². The maximum atomic E-state index is 8.06. The molecule has 5 heavy (non-hydrogen) atoms. The van der Waals surface area contributed by atoms with Crippen LogP contribution >= 0.6 is 0 Å². The first-order valence-corrected chi connectivity index (χ1v) is 0.612. The van der Waals surface area contributed by atoms with Crippen molar-refractivity contribution in [2.24, 2.45) is 0 Å². The quantitative estimate of drug-likeness (QED) is 0.451. The molecule has 5 heteroatoms. The predicted octanol–water partition coefficient (Wildman–Crippen LogP) is -0.507. The first kappa shape index (κ1) is 33.0. The van der Waals surface area contributed by atoms with Crippen molar-refractivity contribution in [3.8, 4) is 0 Å². The van der Waals surface area contributed by atoms with Crippen LogP contribution in [0.2, 0.25) is 0 Å². The second kappa shape index (κ2) is 56.0. The van der Waals surface area contributed by atoms with Crippen LogP contribution < -0.4 is 0 Å². The summed E-state index contributed by atoms with van der Waals surface area (Å²) < 4.78 is 8.06. The van der Waals surface area contributed by atoms with Crippen molar-refractivity contribution in [2.45, 2.75) is 0 Å². The van der Waals surface area contributed by atoms with E-state index in [1.807, 2.05) is 0 Å². The third-order valence-electron chi connectivity index (χ3n) is 0. The topological polar surface area (TPSA) is 17.1 Å². The summed E-state index contributed by atoms with van der Waals surface area (Å²) in [5.74, 6) is 0. The van der Waals surface area contributed by atoms with Gasteiger partial charge in [0.05, 0.1) is 0 Å². The molecular weight excluding hydrogens is 174 g/mol. The van der Waals surface area contributed by atoms with Crippen LogP contribution in [0.25, 0.3) is 0 Å². The molecule has 0 spiro atoms. The standard InChI is InChI=1S/OSi.2S.Zn/c1-2;;;/q+2;2*-2;+2. The van der Waals surface area contributed by atoms with E-state index in [0.717, 1.165) is 0 Å². The van der Waals surface area contributed by atoms with E-state index in [0.29, 0.717) is 0 Å². The molecule has 0 radical (unpaired) electrons. The molecule has 0 aliphatic heterocycles. The van der Waals surface area contributed by atoms with E-state index < -0.39 is 0 Å². The second-order valence-corrected chi connectivity index (χ2v) is 0. The van der Waals surface area contributed by atoms with Crippen molar-refractivity contribution in [3.63, 3.8) is 0 Å². The average molecular weight is 174 g/mol. The Labute approximate surface area is 61.0 Å². The van der Waals surface area contributed by atoms with Crippen LogP contribution in [-0.2, 0) is 50.9 Å². The van der Waals surface area contributed by atoms with Crippen LogP contribution in [0.15, 0.2) is 0 Å². The maximum absolute atomic E-state index is 8.06. The van der Waals surface area contributed by atoms with Crippen molar-refractivity contribution in [3.05, 3.63) is 0 Å². The molecule has 0 aromatic rings. The van der Waals surface area contributed by atoms with Gasteiger partial charge in [-0.05, 0) is 0 Å². The fraction of sp³-hybridized carbons (Fsp3) is 0. The Hall–Kier alpha value is 1.34. The van der Waals surface area contributed by atoms with E-state index in [1.165, 1.54) is 0 Å². The Kier molecular flexibility index (Phi) is 370. The molecule has 24 valence electrons. The molecule has 0 saturated carbocycles. The van der Waals surface area contributed by atoms with E-state index in [-0.39, 0.29) is 46.5 Å². The Morgan fingerprint density at radius 3 is 1.00 bits per heavy atom. The molecule has 0 aromatic carbocycles. The van der Waals surface area contributed by atoms with Gasteiger partial charge in [0, 0.05) is 0 Å². The van der Waals surface area contributed by atoms with Crippen LogP contribution in [0.3, 0.4) is 0 Å². The van der Waals surface area contributed by atoms with Crippen LogP contribution in [0.1, 0.15) is 0 Å². The van der Waals surface area contributed by atoms with Crippen molar-refractivity contribution in [1.29, 1.82) is 0 Å². The summed E-state index contributed by atoms with van der Waals surface area (Å²) in [6.45, 7) is 0. The average Bonchev–Trinajstić information content (AvgIpc) is 1.00. The molecule has 0 aliphatic carbocycles. The van der Waals surface area contributed by atoms with Crippen LogP contribution in [0.5, 0.6) is 0 Å². The predicted molar refractivity (Wildman–Crippen MR) is 21.2 cm³/mol. The van der Waals surface area contributed by atoms with Gasteiger partial charge in [0.15, 0.2) is 0 Å². The fourth-order valence-corrected chi connectivity index (χ4v) is 0. The molecule has 0 aliphatic rings. The minimum atomic E-state index is 0. The van der Waals surface area contributed by atoms with Gasteiger partial charge in [0.1, 0.15) is 0 Å². The zero-order valence-electron chi connectivity index (χ0n) is 2.43. The van der Waals surface area contributed by atoms with E-state index >= 15 is 0 Å². The van der Waals surface area contributed by atoms with E-state index in [1.54, 1.807) is 10.1 Å². The van der Waals surface area contributed by atoms with Gasteiger partial charge in [-0.25, -0.2) is 0 Å². The first-order chi connectivity index (χ1) is 1.00. The molecule has 0 unspecified atom stereocenters. The number of rotatable bonds is 0. The first-order valence-electron chi connectivity index (χ1n) is 0.204. The van der Waals surface area contributed by atoms with Gasteiger partial charge in [-0.1, -0.05) is 0 Å². The molecular formula is OS2SiZn. The van der Waals surface area contributed by atoms with Gasteiger partial charge >= 0.3 is 34.1 Å². The zero-order valence-corrected chi connectivity index (χ0v) is 8.03. The van der Waals surface area contributed by atoms with E-state index in [4.69, 9.17) is 4.46 Å². The minimum absolute atomic E-state index is 0. The largest absolute Gasteiger partial charge is 2.00 e. The van der Waals surface area contributed by atoms with Gasteiger partial charge < -0.3 is 27.0 Å². The summed E-state index contributed by atoms with van der Waals surface area (Å²) in [6.07, 6.45) is 0. The maximum Gasteiger partial charge on any atom is 2.00 e. The third-order valence-corrected chi connectivity index (χ3v) is 0.